The van der Waals surface area contributed by atoms with Crippen molar-refractivity contribution in [1.29, 1.82) is 0 Å². The highest BCUT2D eigenvalue weighted by Gasteiger charge is 2.30. The molecule has 0 saturated carbocycles. The number of aromatic nitrogens is 3. The van der Waals surface area contributed by atoms with E-state index in [1.165, 1.54) is 59.4 Å². The number of hydrogen-bond donors (Lipinski definition) is 2. The lowest BCUT2D eigenvalue weighted by atomic mass is 10.2. The zero-order chi connectivity index (χ0) is 26.6. The maximum Gasteiger partial charge on any atom is 0.416 e. The number of nitrogens with zero attached hydrogens (tertiary/aromatic N) is 3. The van der Waals surface area contributed by atoms with E-state index in [1.54, 1.807) is 13.0 Å². The second-order valence-electron chi connectivity index (χ2n) is 7.93. The van der Waals surface area contributed by atoms with Gasteiger partial charge < -0.3 is 15.4 Å². The first kappa shape index (κ1) is 25.4. The zero-order valence-electron chi connectivity index (χ0n) is 19.2. The Balaban J connectivity index is 1.31. The number of hydrogen-bond acceptors (Lipinski definition) is 5. The van der Waals surface area contributed by atoms with Crippen LogP contribution in [0.5, 0.6) is 5.75 Å². The number of alkyl halides is 3. The first-order valence-corrected chi connectivity index (χ1v) is 10.8. The summed E-state index contributed by atoms with van der Waals surface area (Å²) in [5.41, 5.74) is 0.513. The van der Waals surface area contributed by atoms with Crippen LogP contribution in [0.1, 0.15) is 21.5 Å². The molecule has 0 aliphatic carbocycles. The summed E-state index contributed by atoms with van der Waals surface area (Å²) < 4.78 is 58.7. The summed E-state index contributed by atoms with van der Waals surface area (Å²) in [4.78, 5) is 24.6. The number of halogens is 4. The summed E-state index contributed by atoms with van der Waals surface area (Å²) in [5, 5.41) is 12.7. The van der Waals surface area contributed by atoms with Gasteiger partial charge in [0.05, 0.1) is 17.4 Å². The van der Waals surface area contributed by atoms with E-state index in [0.29, 0.717) is 11.3 Å². The van der Waals surface area contributed by atoms with Crippen LogP contribution in [-0.2, 0) is 11.0 Å². The van der Waals surface area contributed by atoms with E-state index in [1.807, 2.05) is 0 Å². The van der Waals surface area contributed by atoms with Gasteiger partial charge in [-0.15, -0.1) is 5.10 Å². The van der Waals surface area contributed by atoms with Crippen LogP contribution in [0.15, 0.2) is 72.9 Å². The summed E-state index contributed by atoms with van der Waals surface area (Å²) in [6.07, 6.45) is -3.09. The molecule has 190 valence electrons. The molecule has 2 N–H and O–H groups in total. The van der Waals surface area contributed by atoms with Crippen molar-refractivity contribution in [3.05, 3.63) is 95.4 Å². The Hall–Kier alpha value is -4.74. The summed E-state index contributed by atoms with van der Waals surface area (Å²) in [6, 6.07) is 14.4. The Morgan fingerprint density at radius 1 is 1.00 bits per heavy atom. The molecule has 1 heterocycles. The van der Waals surface area contributed by atoms with Crippen molar-refractivity contribution in [2.24, 2.45) is 0 Å². The number of benzene rings is 3. The molecule has 0 spiro atoms. The fourth-order valence-corrected chi connectivity index (χ4v) is 3.31. The van der Waals surface area contributed by atoms with Crippen molar-refractivity contribution in [2.75, 3.05) is 17.2 Å². The van der Waals surface area contributed by atoms with Crippen molar-refractivity contribution in [3.8, 4) is 11.4 Å². The average molecular weight is 513 g/mol. The lowest BCUT2D eigenvalue weighted by Crippen LogP contribution is -2.20. The van der Waals surface area contributed by atoms with Crippen molar-refractivity contribution < 1.29 is 31.9 Å². The van der Waals surface area contributed by atoms with E-state index in [2.05, 4.69) is 20.9 Å². The van der Waals surface area contributed by atoms with Crippen molar-refractivity contribution in [1.82, 2.24) is 15.0 Å². The molecule has 0 saturated heterocycles. The molecule has 0 bridgehead atoms. The van der Waals surface area contributed by atoms with Gasteiger partial charge in [-0.2, -0.15) is 13.2 Å². The van der Waals surface area contributed by atoms with Crippen LogP contribution in [0.2, 0.25) is 0 Å². The monoisotopic (exact) mass is 513 g/mol. The minimum atomic E-state index is -4.53. The largest absolute Gasteiger partial charge is 0.484 e. The third-order valence-corrected chi connectivity index (χ3v) is 4.99. The molecule has 4 rings (SSSR count). The first-order chi connectivity index (χ1) is 17.6. The Morgan fingerprint density at radius 2 is 1.76 bits per heavy atom. The van der Waals surface area contributed by atoms with Crippen molar-refractivity contribution in [3.63, 3.8) is 0 Å². The molecule has 37 heavy (non-hydrogen) atoms. The molecule has 8 nitrogen and oxygen atoms in total. The molecule has 0 aliphatic heterocycles. The van der Waals surface area contributed by atoms with Gasteiger partial charge in [-0.05, 0) is 73.2 Å². The zero-order valence-corrected chi connectivity index (χ0v) is 19.2. The minimum absolute atomic E-state index is 0.0140. The SMILES string of the molecule is Cc1cc(F)cc(-n2cc(NC(=O)c3ccc(OCC(=O)Nc4cccc(C(F)(F)F)c4)cc3)nn2)c1. The minimum Gasteiger partial charge on any atom is -0.484 e. The number of aryl methyl sites for hydroxylation is 1. The third kappa shape index (κ3) is 6.69. The predicted octanol–water partition coefficient (Wildman–Crippen LogP) is 5.00. The molecule has 12 heteroatoms. The second-order valence-corrected chi connectivity index (χ2v) is 7.93. The Kier molecular flexibility index (Phi) is 7.18. The number of ether oxygens (including phenoxy) is 1. The lowest BCUT2D eigenvalue weighted by Gasteiger charge is -2.10. The predicted molar refractivity (Wildman–Crippen MR) is 126 cm³/mol. The fourth-order valence-electron chi connectivity index (χ4n) is 3.31. The number of carbonyl (C=O) groups is 2. The van der Waals surface area contributed by atoms with Gasteiger partial charge in [-0.1, -0.05) is 11.3 Å². The van der Waals surface area contributed by atoms with Crippen LogP contribution in [-0.4, -0.2) is 33.4 Å². The number of anilines is 2. The van der Waals surface area contributed by atoms with Gasteiger partial charge in [0.25, 0.3) is 11.8 Å². The van der Waals surface area contributed by atoms with E-state index in [9.17, 15) is 27.2 Å². The highest BCUT2D eigenvalue weighted by Crippen LogP contribution is 2.30. The quantitative estimate of drug-likeness (QED) is 0.339. The van der Waals surface area contributed by atoms with Crippen LogP contribution >= 0.6 is 0 Å². The maximum absolute atomic E-state index is 13.6. The lowest BCUT2D eigenvalue weighted by molar-refractivity contribution is -0.137. The molecule has 2 amide bonds. The molecular formula is C25H19F4N5O3. The molecule has 4 aromatic rings. The molecular weight excluding hydrogens is 494 g/mol. The van der Waals surface area contributed by atoms with Gasteiger partial charge in [0.15, 0.2) is 12.4 Å². The number of nitrogens with one attached hydrogen (secondary N) is 2. The Labute approximate surface area is 207 Å². The first-order valence-electron chi connectivity index (χ1n) is 10.8. The van der Waals surface area contributed by atoms with Crippen LogP contribution in [0.4, 0.5) is 29.1 Å². The van der Waals surface area contributed by atoms with Gasteiger partial charge in [0, 0.05) is 11.3 Å². The molecule has 0 aliphatic rings. The highest BCUT2D eigenvalue weighted by atomic mass is 19.4. The molecule has 0 fully saturated rings. The second kappa shape index (κ2) is 10.5. The molecule has 0 unspecified atom stereocenters. The smallest absolute Gasteiger partial charge is 0.416 e. The van der Waals surface area contributed by atoms with Crippen LogP contribution < -0.4 is 15.4 Å². The molecule has 1 aromatic heterocycles. The summed E-state index contributed by atoms with van der Waals surface area (Å²) in [6.45, 7) is 1.28. The third-order valence-electron chi connectivity index (χ3n) is 4.99. The van der Waals surface area contributed by atoms with Gasteiger partial charge >= 0.3 is 6.18 Å². The molecule has 3 aromatic carbocycles. The maximum atomic E-state index is 13.6. The van der Waals surface area contributed by atoms with Crippen LogP contribution in [0.3, 0.4) is 0 Å². The summed E-state index contributed by atoms with van der Waals surface area (Å²) in [7, 11) is 0. The fraction of sp³-hybridized carbons (Fsp3) is 0.120. The normalized spacial score (nSPS) is 11.2. The van der Waals surface area contributed by atoms with Gasteiger partial charge in [0.2, 0.25) is 0 Å². The number of rotatable bonds is 7. The topological polar surface area (TPSA) is 98.1 Å². The van der Waals surface area contributed by atoms with E-state index in [4.69, 9.17) is 4.74 Å². The molecule has 0 radical (unpaired) electrons. The van der Waals surface area contributed by atoms with Crippen LogP contribution in [0.25, 0.3) is 5.69 Å². The Morgan fingerprint density at radius 3 is 2.46 bits per heavy atom. The van der Waals surface area contributed by atoms with Crippen molar-refractivity contribution in [2.45, 2.75) is 13.1 Å². The number of carbonyl (C=O) groups excluding carboxylic acids is 2. The van der Waals surface area contributed by atoms with Gasteiger partial charge in [0.1, 0.15) is 11.6 Å². The van der Waals surface area contributed by atoms with E-state index >= 15 is 0 Å². The van der Waals surface area contributed by atoms with E-state index in [-0.39, 0.29) is 22.8 Å². The molecule has 0 atom stereocenters. The Bertz CT molecular complexity index is 1410. The number of amides is 2. The van der Waals surface area contributed by atoms with Crippen LogP contribution in [0, 0.1) is 12.7 Å². The average Bonchev–Trinajstić information content (AvgIpc) is 3.31. The van der Waals surface area contributed by atoms with E-state index < -0.39 is 36.0 Å². The highest BCUT2D eigenvalue weighted by molar-refractivity contribution is 6.03. The van der Waals surface area contributed by atoms with Crippen molar-refractivity contribution >= 4 is 23.3 Å². The van der Waals surface area contributed by atoms with Gasteiger partial charge in [-0.3, -0.25) is 9.59 Å². The van der Waals surface area contributed by atoms with Gasteiger partial charge in [-0.25, -0.2) is 9.07 Å². The summed E-state index contributed by atoms with van der Waals surface area (Å²) in [5.74, 6) is -1.15. The standard InChI is InChI=1S/C25H19F4N5O3/c1-15-9-18(26)12-20(10-15)34-13-22(32-33-34)31-24(36)16-5-7-21(8-6-16)37-14-23(35)30-19-4-2-3-17(11-19)25(27,28)29/h2-13H,14H2,1H3,(H,30,35)(H,31,36). The summed E-state index contributed by atoms with van der Waals surface area (Å²) >= 11 is 0. The van der Waals surface area contributed by atoms with E-state index in [0.717, 1.165) is 12.1 Å².